The topological polar surface area (TPSA) is 120 Å². The summed E-state index contributed by atoms with van der Waals surface area (Å²) in [5.41, 5.74) is 3.81. The molecule has 1 aromatic heterocycles. The Hall–Kier alpha value is -3.72. The van der Waals surface area contributed by atoms with Crippen molar-refractivity contribution < 1.29 is 19.5 Å². The number of carboxylic acids is 1. The Morgan fingerprint density at radius 2 is 1.60 bits per heavy atom. The fourth-order valence-corrected chi connectivity index (χ4v) is 4.31. The van der Waals surface area contributed by atoms with Crippen LogP contribution in [0.3, 0.4) is 0 Å². The summed E-state index contributed by atoms with van der Waals surface area (Å²) in [6, 6.07) is 25.0. The standard InChI is InChI=1S/C31H32N4O4.Na.H/c1-21-14-16-33-28(17-21)32-15-4-7-29(36)34-20-30(37)35-27(19-31(38)39)24-11-8-23(9-12-24)26-13-10-22-5-2-3-6-25(22)18-26;;/h2-3,5-6,8-14,16-18,27H,4,7,15,19-20H2,1H3,(H,32,33)(H,34,36)(H,35,37)(H,38,39);;. The molecule has 0 fully saturated rings. The van der Waals surface area contributed by atoms with Gasteiger partial charge in [-0.2, -0.15) is 0 Å². The van der Waals surface area contributed by atoms with E-state index in [1.54, 1.807) is 6.20 Å². The van der Waals surface area contributed by atoms with Gasteiger partial charge in [0.2, 0.25) is 11.8 Å². The maximum atomic E-state index is 12.5. The van der Waals surface area contributed by atoms with Gasteiger partial charge in [0, 0.05) is 19.2 Å². The first-order valence-corrected chi connectivity index (χ1v) is 12.9. The molecule has 202 valence electrons. The third kappa shape index (κ3) is 9.19. The first kappa shape index (κ1) is 30.8. The van der Waals surface area contributed by atoms with E-state index in [9.17, 15) is 19.5 Å². The number of aliphatic carboxylic acids is 1. The van der Waals surface area contributed by atoms with Crippen molar-refractivity contribution in [2.45, 2.75) is 32.2 Å². The molecule has 1 heterocycles. The number of anilines is 1. The molecule has 4 aromatic rings. The number of nitrogens with one attached hydrogen (secondary N) is 3. The van der Waals surface area contributed by atoms with Crippen LogP contribution in [0.5, 0.6) is 0 Å². The third-order valence-electron chi connectivity index (χ3n) is 6.36. The Kier molecular flexibility index (Phi) is 11.7. The number of aromatic nitrogens is 1. The summed E-state index contributed by atoms with van der Waals surface area (Å²) in [4.78, 5) is 40.4. The van der Waals surface area contributed by atoms with Crippen molar-refractivity contribution in [3.05, 3.63) is 96.2 Å². The molecule has 0 bridgehead atoms. The van der Waals surface area contributed by atoms with E-state index < -0.39 is 17.9 Å². The number of nitrogens with zero attached hydrogens (tertiary/aromatic N) is 1. The zero-order chi connectivity index (χ0) is 27.6. The Bertz CT molecular complexity index is 1460. The van der Waals surface area contributed by atoms with E-state index in [0.717, 1.165) is 33.3 Å². The van der Waals surface area contributed by atoms with Crippen molar-refractivity contribution in [3.8, 4) is 11.1 Å². The number of hydrogen-bond donors (Lipinski definition) is 4. The van der Waals surface area contributed by atoms with Crippen LogP contribution in [0.25, 0.3) is 21.9 Å². The molecule has 3 aromatic carbocycles. The van der Waals surface area contributed by atoms with E-state index in [4.69, 9.17) is 0 Å². The van der Waals surface area contributed by atoms with Crippen LogP contribution in [0.4, 0.5) is 5.82 Å². The van der Waals surface area contributed by atoms with Crippen LogP contribution in [0.15, 0.2) is 85.1 Å². The van der Waals surface area contributed by atoms with Gasteiger partial charge in [0.1, 0.15) is 5.82 Å². The molecular weight excluding hydrogens is 515 g/mol. The van der Waals surface area contributed by atoms with Crippen molar-refractivity contribution in [3.63, 3.8) is 0 Å². The number of carbonyl (C=O) groups excluding carboxylic acids is 2. The minimum absolute atomic E-state index is 0. The number of amides is 2. The fourth-order valence-electron chi connectivity index (χ4n) is 4.31. The summed E-state index contributed by atoms with van der Waals surface area (Å²) in [5, 5.41) is 20.2. The molecule has 8 nitrogen and oxygen atoms in total. The van der Waals surface area contributed by atoms with Crippen LogP contribution in [0.2, 0.25) is 0 Å². The average molecular weight is 549 g/mol. The average Bonchev–Trinajstić information content (AvgIpc) is 2.93. The third-order valence-corrected chi connectivity index (χ3v) is 6.36. The van der Waals surface area contributed by atoms with Gasteiger partial charge in [-0.05, 0) is 64.6 Å². The SMILES string of the molecule is Cc1ccnc(NCCCC(=O)NCC(=O)NC(CC(=O)O)c2ccc(-c3ccc4ccccc4c3)cc2)c1.[NaH]. The summed E-state index contributed by atoms with van der Waals surface area (Å²) >= 11 is 0. The molecular formula is C31H33N4NaO4. The second-order valence-corrected chi connectivity index (χ2v) is 9.43. The van der Waals surface area contributed by atoms with Crippen molar-refractivity contribution in [2.24, 2.45) is 0 Å². The molecule has 0 saturated heterocycles. The van der Waals surface area contributed by atoms with E-state index in [1.165, 1.54) is 0 Å². The monoisotopic (exact) mass is 548 g/mol. The van der Waals surface area contributed by atoms with Gasteiger partial charge in [-0.1, -0.05) is 60.7 Å². The molecule has 1 unspecified atom stereocenters. The van der Waals surface area contributed by atoms with E-state index in [2.05, 4.69) is 45.2 Å². The number of benzene rings is 3. The normalized spacial score (nSPS) is 11.2. The van der Waals surface area contributed by atoms with Gasteiger partial charge in [0.05, 0.1) is 19.0 Å². The van der Waals surface area contributed by atoms with E-state index in [1.807, 2.05) is 61.5 Å². The molecule has 1 atom stereocenters. The molecule has 4 rings (SSSR count). The van der Waals surface area contributed by atoms with Crippen LogP contribution >= 0.6 is 0 Å². The summed E-state index contributed by atoms with van der Waals surface area (Å²) in [6.07, 6.45) is 2.28. The molecule has 0 aliphatic heterocycles. The number of fused-ring (bicyclic) bond motifs is 1. The number of aryl methyl sites for hydroxylation is 1. The van der Waals surface area contributed by atoms with Gasteiger partial charge in [0.15, 0.2) is 0 Å². The molecule has 0 radical (unpaired) electrons. The van der Waals surface area contributed by atoms with Crippen LogP contribution in [0, 0.1) is 6.92 Å². The Balaban J connectivity index is 0.00000441. The summed E-state index contributed by atoms with van der Waals surface area (Å²) < 4.78 is 0. The molecule has 4 N–H and O–H groups in total. The van der Waals surface area contributed by atoms with Gasteiger partial charge in [-0.3, -0.25) is 14.4 Å². The molecule has 0 aliphatic rings. The van der Waals surface area contributed by atoms with E-state index in [0.29, 0.717) is 18.5 Å². The van der Waals surface area contributed by atoms with Crippen molar-refractivity contribution in [2.75, 3.05) is 18.4 Å². The number of carboxylic acid groups (broad SMARTS) is 1. The number of rotatable bonds is 12. The van der Waals surface area contributed by atoms with Gasteiger partial charge < -0.3 is 21.1 Å². The van der Waals surface area contributed by atoms with Crippen molar-refractivity contribution in [1.82, 2.24) is 15.6 Å². The predicted molar refractivity (Wildman–Crippen MR) is 159 cm³/mol. The van der Waals surface area contributed by atoms with Gasteiger partial charge >= 0.3 is 35.5 Å². The number of pyridine rings is 1. The van der Waals surface area contributed by atoms with Crippen molar-refractivity contribution in [1.29, 1.82) is 0 Å². The second-order valence-electron chi connectivity index (χ2n) is 9.43. The Morgan fingerprint density at radius 3 is 2.33 bits per heavy atom. The summed E-state index contributed by atoms with van der Waals surface area (Å²) in [6.45, 7) is 2.33. The zero-order valence-electron chi connectivity index (χ0n) is 21.8. The first-order chi connectivity index (χ1) is 18.9. The van der Waals surface area contributed by atoms with E-state index >= 15 is 0 Å². The van der Waals surface area contributed by atoms with Gasteiger partial charge in [0.25, 0.3) is 0 Å². The Morgan fingerprint density at radius 1 is 0.875 bits per heavy atom. The first-order valence-electron chi connectivity index (χ1n) is 12.9. The maximum absolute atomic E-state index is 12.5. The van der Waals surface area contributed by atoms with Crippen LogP contribution in [-0.2, 0) is 14.4 Å². The summed E-state index contributed by atoms with van der Waals surface area (Å²) in [5.74, 6) is -0.975. The molecule has 9 heteroatoms. The molecule has 40 heavy (non-hydrogen) atoms. The predicted octanol–water partition coefficient (Wildman–Crippen LogP) is 4.20. The van der Waals surface area contributed by atoms with Crippen LogP contribution < -0.4 is 16.0 Å². The van der Waals surface area contributed by atoms with E-state index in [-0.39, 0.29) is 54.9 Å². The summed E-state index contributed by atoms with van der Waals surface area (Å²) in [7, 11) is 0. The minimum atomic E-state index is -1.03. The fraction of sp³-hybridized carbons (Fsp3) is 0.226. The number of carbonyl (C=O) groups is 3. The second kappa shape index (κ2) is 15.2. The molecule has 0 spiro atoms. The molecule has 2 amide bonds. The van der Waals surface area contributed by atoms with Crippen LogP contribution in [0.1, 0.15) is 36.4 Å². The van der Waals surface area contributed by atoms with Crippen LogP contribution in [-0.4, -0.2) is 70.5 Å². The zero-order valence-corrected chi connectivity index (χ0v) is 21.8. The molecule has 0 aliphatic carbocycles. The quantitative estimate of drug-likeness (QED) is 0.156. The van der Waals surface area contributed by atoms with Crippen molar-refractivity contribution >= 4 is 63.9 Å². The van der Waals surface area contributed by atoms with Gasteiger partial charge in [-0.15, -0.1) is 0 Å². The number of hydrogen-bond acceptors (Lipinski definition) is 5. The molecule has 0 saturated carbocycles. The van der Waals surface area contributed by atoms with Gasteiger partial charge in [-0.25, -0.2) is 4.98 Å². The Labute approximate surface area is 255 Å².